The first-order chi connectivity index (χ1) is 9.31. The molecule has 0 amide bonds. The highest BCUT2D eigenvalue weighted by Gasteiger charge is 2.25. The number of para-hydroxylation sites is 1. The van der Waals surface area contributed by atoms with Gasteiger partial charge in [0.05, 0.1) is 4.92 Å². The Hall–Kier alpha value is -1.63. The monoisotopic (exact) mass is 290 g/mol. The highest BCUT2D eigenvalue weighted by atomic mass is 19.4. The van der Waals surface area contributed by atoms with E-state index in [9.17, 15) is 23.3 Å². The van der Waals surface area contributed by atoms with Gasteiger partial charge in [-0.1, -0.05) is 18.2 Å². The Morgan fingerprint density at radius 3 is 2.55 bits per heavy atom. The van der Waals surface area contributed by atoms with Crippen LogP contribution in [0.5, 0.6) is 0 Å². The lowest BCUT2D eigenvalue weighted by atomic mass is 10.1. The third kappa shape index (κ3) is 5.56. The van der Waals surface area contributed by atoms with Crippen LogP contribution in [0.25, 0.3) is 0 Å². The van der Waals surface area contributed by atoms with Gasteiger partial charge in [0.25, 0.3) is 5.69 Å². The van der Waals surface area contributed by atoms with Crippen LogP contribution in [-0.4, -0.2) is 17.6 Å². The molecule has 0 saturated heterocycles. The smallest absolute Gasteiger partial charge is 0.310 e. The second-order valence-corrected chi connectivity index (χ2v) is 4.56. The Morgan fingerprint density at radius 1 is 1.30 bits per heavy atom. The van der Waals surface area contributed by atoms with Crippen LogP contribution in [0, 0.1) is 10.1 Å². The van der Waals surface area contributed by atoms with E-state index in [-0.39, 0.29) is 18.2 Å². The number of rotatable bonds is 7. The molecule has 112 valence electrons. The summed E-state index contributed by atoms with van der Waals surface area (Å²) in [6.45, 7) is 2.15. The van der Waals surface area contributed by atoms with Crippen LogP contribution >= 0.6 is 0 Å². The van der Waals surface area contributed by atoms with E-state index in [2.05, 4.69) is 5.32 Å². The molecule has 0 heterocycles. The molecule has 0 bridgehead atoms. The number of alkyl halides is 3. The van der Waals surface area contributed by atoms with Gasteiger partial charge in [0.15, 0.2) is 0 Å². The van der Waals surface area contributed by atoms with E-state index in [1.54, 1.807) is 25.1 Å². The molecule has 1 unspecified atom stereocenters. The predicted octanol–water partition coefficient (Wildman–Crippen LogP) is 3.98. The quantitative estimate of drug-likeness (QED) is 0.469. The summed E-state index contributed by atoms with van der Waals surface area (Å²) in [7, 11) is 0. The van der Waals surface area contributed by atoms with Gasteiger partial charge in [-0.15, -0.1) is 0 Å². The fourth-order valence-electron chi connectivity index (χ4n) is 1.90. The molecule has 0 aliphatic heterocycles. The molecule has 0 aliphatic carbocycles. The Balaban J connectivity index is 2.44. The molecule has 7 heteroatoms. The molecule has 0 fully saturated rings. The van der Waals surface area contributed by atoms with E-state index in [0.717, 1.165) is 0 Å². The van der Waals surface area contributed by atoms with E-state index >= 15 is 0 Å². The Labute approximate surface area is 115 Å². The van der Waals surface area contributed by atoms with Gasteiger partial charge in [0.1, 0.15) is 0 Å². The van der Waals surface area contributed by atoms with Gasteiger partial charge >= 0.3 is 6.18 Å². The Bertz CT molecular complexity index is 449. The zero-order valence-electron chi connectivity index (χ0n) is 11.1. The van der Waals surface area contributed by atoms with Crippen molar-refractivity contribution in [2.45, 2.75) is 38.4 Å². The SMILES string of the molecule is CC(NCCCCC(F)(F)F)c1ccccc1[N+](=O)[O-]. The Morgan fingerprint density at radius 2 is 1.95 bits per heavy atom. The van der Waals surface area contributed by atoms with Gasteiger partial charge in [0.2, 0.25) is 0 Å². The first kappa shape index (κ1) is 16.4. The maximum Gasteiger partial charge on any atom is 0.389 e. The number of halogens is 3. The zero-order valence-corrected chi connectivity index (χ0v) is 11.1. The van der Waals surface area contributed by atoms with Gasteiger partial charge < -0.3 is 5.32 Å². The van der Waals surface area contributed by atoms with Crippen LogP contribution in [0.4, 0.5) is 18.9 Å². The molecule has 1 aromatic rings. The lowest BCUT2D eigenvalue weighted by Crippen LogP contribution is -2.21. The molecule has 0 saturated carbocycles. The lowest BCUT2D eigenvalue weighted by molar-refractivity contribution is -0.385. The highest BCUT2D eigenvalue weighted by Crippen LogP contribution is 2.25. The summed E-state index contributed by atoms with van der Waals surface area (Å²) in [6.07, 6.45) is -4.48. The summed E-state index contributed by atoms with van der Waals surface area (Å²) in [5.74, 6) is 0. The number of nitro groups is 1. The number of hydrogen-bond acceptors (Lipinski definition) is 3. The van der Waals surface area contributed by atoms with E-state index in [0.29, 0.717) is 18.5 Å². The average molecular weight is 290 g/mol. The van der Waals surface area contributed by atoms with Gasteiger partial charge in [0, 0.05) is 24.1 Å². The van der Waals surface area contributed by atoms with Crippen molar-refractivity contribution in [1.82, 2.24) is 5.32 Å². The molecule has 0 radical (unpaired) electrons. The third-order valence-electron chi connectivity index (χ3n) is 2.94. The van der Waals surface area contributed by atoms with Crippen LogP contribution in [0.3, 0.4) is 0 Å². The molecule has 4 nitrogen and oxygen atoms in total. The fourth-order valence-corrected chi connectivity index (χ4v) is 1.90. The highest BCUT2D eigenvalue weighted by molar-refractivity contribution is 5.41. The second-order valence-electron chi connectivity index (χ2n) is 4.56. The van der Waals surface area contributed by atoms with E-state index in [1.165, 1.54) is 6.07 Å². The Kier molecular flexibility index (Phi) is 5.94. The van der Waals surface area contributed by atoms with E-state index < -0.39 is 17.5 Å². The zero-order chi connectivity index (χ0) is 15.2. The molecular formula is C13H17F3N2O2. The summed E-state index contributed by atoms with van der Waals surface area (Å²) in [5, 5.41) is 13.9. The van der Waals surface area contributed by atoms with Gasteiger partial charge in [-0.3, -0.25) is 10.1 Å². The molecule has 0 aromatic heterocycles. The van der Waals surface area contributed by atoms with Crippen molar-refractivity contribution in [3.05, 3.63) is 39.9 Å². The van der Waals surface area contributed by atoms with E-state index in [1.807, 2.05) is 0 Å². The summed E-state index contributed by atoms with van der Waals surface area (Å²) < 4.78 is 35.9. The van der Waals surface area contributed by atoms with Crippen molar-refractivity contribution >= 4 is 5.69 Å². The third-order valence-corrected chi connectivity index (χ3v) is 2.94. The largest absolute Gasteiger partial charge is 0.389 e. The molecule has 1 atom stereocenters. The van der Waals surface area contributed by atoms with E-state index in [4.69, 9.17) is 0 Å². The average Bonchev–Trinajstić information content (AvgIpc) is 2.36. The molecule has 1 aromatic carbocycles. The minimum Gasteiger partial charge on any atom is -0.310 e. The van der Waals surface area contributed by atoms with Gasteiger partial charge in [-0.25, -0.2) is 0 Å². The summed E-state index contributed by atoms with van der Waals surface area (Å²) in [4.78, 5) is 10.4. The first-order valence-corrected chi connectivity index (χ1v) is 6.34. The number of hydrogen-bond donors (Lipinski definition) is 1. The summed E-state index contributed by atoms with van der Waals surface area (Å²) >= 11 is 0. The van der Waals surface area contributed by atoms with Gasteiger partial charge in [-0.05, 0) is 26.3 Å². The first-order valence-electron chi connectivity index (χ1n) is 6.34. The van der Waals surface area contributed by atoms with Crippen LogP contribution in [0.2, 0.25) is 0 Å². The normalized spacial score (nSPS) is 13.2. The maximum atomic E-state index is 12.0. The van der Waals surface area contributed by atoms with Crippen LogP contribution in [0.1, 0.15) is 37.8 Å². The number of benzene rings is 1. The topological polar surface area (TPSA) is 55.2 Å². The van der Waals surface area contributed by atoms with Crippen molar-refractivity contribution in [1.29, 1.82) is 0 Å². The maximum absolute atomic E-state index is 12.0. The van der Waals surface area contributed by atoms with Crippen molar-refractivity contribution in [2.75, 3.05) is 6.54 Å². The number of nitrogens with one attached hydrogen (secondary N) is 1. The summed E-state index contributed by atoms with van der Waals surface area (Å²) in [6, 6.07) is 6.06. The molecule has 0 aliphatic rings. The molecule has 20 heavy (non-hydrogen) atoms. The van der Waals surface area contributed by atoms with Crippen LogP contribution < -0.4 is 5.32 Å². The van der Waals surface area contributed by atoms with Gasteiger partial charge in [-0.2, -0.15) is 13.2 Å². The van der Waals surface area contributed by atoms with Crippen LogP contribution in [0.15, 0.2) is 24.3 Å². The lowest BCUT2D eigenvalue weighted by Gasteiger charge is -2.14. The number of nitro benzene ring substituents is 1. The number of unbranched alkanes of at least 4 members (excludes halogenated alkanes) is 1. The molecular weight excluding hydrogens is 273 g/mol. The fraction of sp³-hybridized carbons (Fsp3) is 0.538. The standard InChI is InChI=1S/C13H17F3N2O2/c1-10(17-9-5-4-8-13(14,15)16)11-6-2-3-7-12(11)18(19)20/h2-3,6-7,10,17H,4-5,8-9H2,1H3. The molecule has 1 N–H and O–H groups in total. The summed E-state index contributed by atoms with van der Waals surface area (Å²) in [5.41, 5.74) is 0.552. The van der Waals surface area contributed by atoms with Crippen molar-refractivity contribution in [3.8, 4) is 0 Å². The minimum atomic E-state index is -4.12. The number of nitrogens with zero attached hydrogens (tertiary/aromatic N) is 1. The second kappa shape index (κ2) is 7.23. The predicted molar refractivity (Wildman–Crippen MR) is 69.4 cm³/mol. The van der Waals surface area contributed by atoms with Crippen LogP contribution in [-0.2, 0) is 0 Å². The minimum absolute atomic E-state index is 0.0165. The van der Waals surface area contributed by atoms with Crippen molar-refractivity contribution in [2.24, 2.45) is 0 Å². The molecule has 1 rings (SSSR count). The molecule has 0 spiro atoms. The van der Waals surface area contributed by atoms with Crippen molar-refractivity contribution in [3.63, 3.8) is 0 Å². The van der Waals surface area contributed by atoms with Crippen molar-refractivity contribution < 1.29 is 18.1 Å².